The molecule has 4 nitrogen and oxygen atoms in total. The maximum Gasteiger partial charge on any atom is 0.260 e. The Hall–Kier alpha value is -1.31. The van der Waals surface area contributed by atoms with E-state index in [1.807, 2.05) is 12.1 Å². The third-order valence-electron chi connectivity index (χ3n) is 2.85. The van der Waals surface area contributed by atoms with Crippen LogP contribution in [0.15, 0.2) is 40.9 Å². The normalized spacial score (nSPS) is 10.8. The molecule has 3 rings (SSSR count). The van der Waals surface area contributed by atoms with Crippen molar-refractivity contribution in [3.8, 4) is 22.8 Å². The Bertz CT molecular complexity index is 820. The molecule has 106 valence electrons. The number of rotatable bonds is 2. The van der Waals surface area contributed by atoms with Gasteiger partial charge in [-0.15, -0.1) is 0 Å². The summed E-state index contributed by atoms with van der Waals surface area (Å²) in [4.78, 5) is 4.36. The third kappa shape index (κ3) is 3.00. The van der Waals surface area contributed by atoms with Gasteiger partial charge in [0.25, 0.3) is 5.89 Å². The molecule has 0 saturated heterocycles. The standard InChI is InChI=1S/C14H8Cl2IN3O/c15-10-3-1-7(5-11(10)16)13-19-14(21-20-13)9-6-8(17)2-4-12(9)18/h1-6H,18H2. The van der Waals surface area contributed by atoms with Gasteiger partial charge < -0.3 is 10.3 Å². The lowest BCUT2D eigenvalue weighted by Gasteiger charge is -2.00. The third-order valence-corrected chi connectivity index (χ3v) is 4.26. The van der Waals surface area contributed by atoms with E-state index >= 15 is 0 Å². The Balaban J connectivity index is 2.03. The smallest absolute Gasteiger partial charge is 0.260 e. The van der Waals surface area contributed by atoms with Crippen LogP contribution in [0.4, 0.5) is 5.69 Å². The summed E-state index contributed by atoms with van der Waals surface area (Å²) in [6.45, 7) is 0. The van der Waals surface area contributed by atoms with Gasteiger partial charge in [-0.3, -0.25) is 0 Å². The number of halogens is 3. The van der Waals surface area contributed by atoms with Crippen LogP contribution >= 0.6 is 45.8 Å². The van der Waals surface area contributed by atoms with E-state index in [1.54, 1.807) is 24.3 Å². The summed E-state index contributed by atoms with van der Waals surface area (Å²) in [5, 5.41) is 4.88. The zero-order valence-corrected chi connectivity index (χ0v) is 14.1. The number of nitrogen functional groups attached to an aromatic ring is 1. The van der Waals surface area contributed by atoms with Gasteiger partial charge in [-0.05, 0) is 59.0 Å². The Morgan fingerprint density at radius 2 is 1.86 bits per heavy atom. The first kappa shape index (κ1) is 14.6. The molecule has 0 spiro atoms. The number of nitrogens with zero attached hydrogens (tertiary/aromatic N) is 2. The summed E-state index contributed by atoms with van der Waals surface area (Å²) in [5.41, 5.74) is 7.96. The van der Waals surface area contributed by atoms with E-state index < -0.39 is 0 Å². The fourth-order valence-electron chi connectivity index (χ4n) is 1.80. The van der Waals surface area contributed by atoms with Crippen molar-refractivity contribution >= 4 is 51.5 Å². The van der Waals surface area contributed by atoms with Gasteiger partial charge in [-0.25, -0.2) is 0 Å². The molecular weight excluding hydrogens is 424 g/mol. The molecule has 2 N–H and O–H groups in total. The summed E-state index contributed by atoms with van der Waals surface area (Å²) < 4.78 is 6.32. The highest BCUT2D eigenvalue weighted by molar-refractivity contribution is 14.1. The molecule has 7 heteroatoms. The molecule has 2 aromatic carbocycles. The molecule has 0 radical (unpaired) electrons. The maximum absolute atomic E-state index is 5.99. The van der Waals surface area contributed by atoms with E-state index in [9.17, 15) is 0 Å². The molecule has 0 unspecified atom stereocenters. The van der Waals surface area contributed by atoms with Crippen molar-refractivity contribution in [1.29, 1.82) is 0 Å². The molecule has 0 aliphatic carbocycles. The quantitative estimate of drug-likeness (QED) is 0.463. The summed E-state index contributed by atoms with van der Waals surface area (Å²) >= 11 is 14.1. The van der Waals surface area contributed by atoms with Crippen molar-refractivity contribution in [3.05, 3.63) is 50.0 Å². The van der Waals surface area contributed by atoms with E-state index in [4.69, 9.17) is 33.5 Å². The molecule has 1 heterocycles. The second-order valence-corrected chi connectivity index (χ2v) is 6.34. The highest BCUT2D eigenvalue weighted by atomic mass is 127. The topological polar surface area (TPSA) is 64.9 Å². The van der Waals surface area contributed by atoms with Gasteiger partial charge in [0, 0.05) is 14.8 Å². The number of aromatic nitrogens is 2. The van der Waals surface area contributed by atoms with Crippen molar-refractivity contribution < 1.29 is 4.52 Å². The average molecular weight is 432 g/mol. The summed E-state index contributed by atoms with van der Waals surface area (Å²) in [7, 11) is 0. The first-order valence-corrected chi connectivity index (χ1v) is 7.72. The van der Waals surface area contributed by atoms with Crippen molar-refractivity contribution in [1.82, 2.24) is 10.1 Å². The molecule has 21 heavy (non-hydrogen) atoms. The van der Waals surface area contributed by atoms with Gasteiger partial charge in [0.2, 0.25) is 5.82 Å². The minimum absolute atomic E-state index is 0.368. The summed E-state index contributed by atoms with van der Waals surface area (Å²) in [6, 6.07) is 10.8. The Labute approximate surface area is 144 Å². The molecule has 0 aliphatic heterocycles. The lowest BCUT2D eigenvalue weighted by molar-refractivity contribution is 0.432. The molecule has 0 saturated carbocycles. The maximum atomic E-state index is 5.99. The lowest BCUT2D eigenvalue weighted by atomic mass is 10.2. The Kier molecular flexibility index (Phi) is 4.05. The molecular formula is C14H8Cl2IN3O. The minimum atomic E-state index is 0.368. The van der Waals surface area contributed by atoms with Crippen molar-refractivity contribution in [2.24, 2.45) is 0 Å². The van der Waals surface area contributed by atoms with Crippen LogP contribution in [0.5, 0.6) is 0 Å². The van der Waals surface area contributed by atoms with Crippen LogP contribution < -0.4 is 5.73 Å². The molecule has 0 atom stereocenters. The monoisotopic (exact) mass is 431 g/mol. The van der Waals surface area contributed by atoms with Gasteiger partial charge in [0.1, 0.15) is 0 Å². The van der Waals surface area contributed by atoms with E-state index in [0.29, 0.717) is 33.0 Å². The number of hydrogen-bond acceptors (Lipinski definition) is 4. The second-order valence-electron chi connectivity index (χ2n) is 4.28. The number of hydrogen-bond donors (Lipinski definition) is 1. The van der Waals surface area contributed by atoms with E-state index in [-0.39, 0.29) is 0 Å². The van der Waals surface area contributed by atoms with Crippen LogP contribution in [-0.2, 0) is 0 Å². The molecule has 0 amide bonds. The van der Waals surface area contributed by atoms with E-state index in [0.717, 1.165) is 9.13 Å². The second kappa shape index (κ2) is 5.82. The van der Waals surface area contributed by atoms with Crippen molar-refractivity contribution in [2.75, 3.05) is 5.73 Å². The van der Waals surface area contributed by atoms with Gasteiger partial charge in [-0.1, -0.05) is 28.4 Å². The van der Waals surface area contributed by atoms with Crippen LogP contribution in [0.1, 0.15) is 0 Å². The summed E-state index contributed by atoms with van der Waals surface area (Å²) in [6.07, 6.45) is 0. The average Bonchev–Trinajstić information content (AvgIpc) is 2.94. The minimum Gasteiger partial charge on any atom is -0.398 e. The fourth-order valence-corrected chi connectivity index (χ4v) is 2.59. The van der Waals surface area contributed by atoms with Gasteiger partial charge in [0.15, 0.2) is 0 Å². The Morgan fingerprint density at radius 1 is 1.05 bits per heavy atom. The highest BCUT2D eigenvalue weighted by Crippen LogP contribution is 2.30. The molecule has 0 fully saturated rings. The lowest BCUT2D eigenvalue weighted by Crippen LogP contribution is -1.91. The molecule has 0 aliphatic rings. The SMILES string of the molecule is Nc1ccc(I)cc1-c1nc(-c2ccc(Cl)c(Cl)c2)no1. The predicted octanol–water partition coefficient (Wildman–Crippen LogP) is 4.90. The fraction of sp³-hybridized carbons (Fsp3) is 0. The largest absolute Gasteiger partial charge is 0.398 e. The number of benzene rings is 2. The van der Waals surface area contributed by atoms with Gasteiger partial charge >= 0.3 is 0 Å². The highest BCUT2D eigenvalue weighted by Gasteiger charge is 2.14. The van der Waals surface area contributed by atoms with Crippen LogP contribution in [0.25, 0.3) is 22.8 Å². The van der Waals surface area contributed by atoms with Crippen LogP contribution in [0.2, 0.25) is 10.0 Å². The van der Waals surface area contributed by atoms with E-state index in [1.165, 1.54) is 0 Å². The van der Waals surface area contributed by atoms with E-state index in [2.05, 4.69) is 32.7 Å². The number of anilines is 1. The zero-order valence-electron chi connectivity index (χ0n) is 10.5. The molecule has 1 aromatic heterocycles. The van der Waals surface area contributed by atoms with Crippen molar-refractivity contribution in [2.45, 2.75) is 0 Å². The van der Waals surface area contributed by atoms with Crippen LogP contribution in [0, 0.1) is 3.57 Å². The zero-order chi connectivity index (χ0) is 15.0. The molecule has 0 bridgehead atoms. The molecule has 3 aromatic rings. The van der Waals surface area contributed by atoms with Crippen LogP contribution in [0.3, 0.4) is 0 Å². The van der Waals surface area contributed by atoms with Gasteiger partial charge in [0.05, 0.1) is 15.6 Å². The predicted molar refractivity (Wildman–Crippen MR) is 92.3 cm³/mol. The Morgan fingerprint density at radius 3 is 2.62 bits per heavy atom. The van der Waals surface area contributed by atoms with Gasteiger partial charge in [-0.2, -0.15) is 4.98 Å². The first-order valence-electron chi connectivity index (χ1n) is 5.89. The first-order chi connectivity index (χ1) is 10.0. The number of nitrogens with two attached hydrogens (primary N) is 1. The van der Waals surface area contributed by atoms with Crippen LogP contribution in [-0.4, -0.2) is 10.1 Å². The van der Waals surface area contributed by atoms with Crippen molar-refractivity contribution in [3.63, 3.8) is 0 Å². The summed E-state index contributed by atoms with van der Waals surface area (Å²) in [5.74, 6) is 0.800.